The normalized spacial score (nSPS) is 11.8. The zero-order valence-electron chi connectivity index (χ0n) is 15.1. The lowest BCUT2D eigenvalue weighted by Gasteiger charge is -1.93. The molecule has 0 aliphatic heterocycles. The molecule has 0 N–H and O–H groups in total. The first-order valence-corrected chi connectivity index (χ1v) is 11.9. The summed E-state index contributed by atoms with van der Waals surface area (Å²) in [5.74, 6) is 0. The summed E-state index contributed by atoms with van der Waals surface area (Å²) in [5.41, 5.74) is 2.79. The molecule has 4 heterocycles. The molecule has 0 saturated heterocycles. The van der Waals surface area contributed by atoms with Crippen LogP contribution in [0.3, 0.4) is 0 Å². The third kappa shape index (κ3) is 2.59. The van der Waals surface area contributed by atoms with E-state index < -0.39 is 0 Å². The van der Waals surface area contributed by atoms with Gasteiger partial charge in [-0.15, -0.1) is 45.3 Å². The van der Waals surface area contributed by atoms with Gasteiger partial charge in [-0.05, 0) is 73.9 Å². The monoisotopic (exact) mass is 410 g/mol. The van der Waals surface area contributed by atoms with Gasteiger partial charge in [-0.1, -0.05) is 12.1 Å². The van der Waals surface area contributed by atoms with Crippen LogP contribution in [0.4, 0.5) is 0 Å². The molecule has 0 amide bonds. The van der Waals surface area contributed by atoms with E-state index in [1.807, 2.05) is 45.3 Å². The zero-order chi connectivity index (χ0) is 18.0. The van der Waals surface area contributed by atoms with Gasteiger partial charge in [0.05, 0.1) is 9.40 Å². The van der Waals surface area contributed by atoms with E-state index in [0.29, 0.717) is 0 Å². The maximum atomic E-state index is 2.37. The second-order valence-electron chi connectivity index (χ2n) is 6.86. The third-order valence-electron chi connectivity index (χ3n) is 4.70. The molecule has 130 valence electrons. The van der Waals surface area contributed by atoms with Gasteiger partial charge in [-0.25, -0.2) is 0 Å². The van der Waals surface area contributed by atoms with Crippen molar-refractivity contribution < 1.29 is 0 Å². The predicted molar refractivity (Wildman–Crippen MR) is 123 cm³/mol. The number of hydrogen-bond acceptors (Lipinski definition) is 4. The Morgan fingerprint density at radius 2 is 0.962 bits per heavy atom. The highest BCUT2D eigenvalue weighted by molar-refractivity contribution is 7.32. The van der Waals surface area contributed by atoms with Gasteiger partial charge in [0.2, 0.25) is 0 Å². The Morgan fingerprint density at radius 1 is 0.538 bits per heavy atom. The maximum Gasteiger partial charge on any atom is 0.0528 e. The zero-order valence-corrected chi connectivity index (χ0v) is 18.4. The summed E-state index contributed by atoms with van der Waals surface area (Å²) in [5, 5.41) is 2.74. The molecular formula is C22H18S4. The summed E-state index contributed by atoms with van der Waals surface area (Å²) in [4.78, 5) is 8.45. The molecule has 0 aliphatic rings. The smallest absolute Gasteiger partial charge is 0.0528 e. The van der Waals surface area contributed by atoms with Crippen molar-refractivity contribution in [3.8, 4) is 19.5 Å². The Morgan fingerprint density at radius 3 is 1.31 bits per heavy atom. The van der Waals surface area contributed by atoms with Gasteiger partial charge in [0.1, 0.15) is 0 Å². The van der Waals surface area contributed by atoms with Crippen LogP contribution < -0.4 is 0 Å². The number of benzene rings is 1. The van der Waals surface area contributed by atoms with Gasteiger partial charge in [-0.3, -0.25) is 0 Å². The fourth-order valence-corrected chi connectivity index (χ4v) is 8.44. The van der Waals surface area contributed by atoms with E-state index >= 15 is 0 Å². The first-order valence-electron chi connectivity index (χ1n) is 8.60. The van der Waals surface area contributed by atoms with E-state index in [2.05, 4.69) is 64.1 Å². The lowest BCUT2D eigenvalue weighted by Crippen LogP contribution is -1.67. The van der Waals surface area contributed by atoms with Crippen LogP contribution in [-0.4, -0.2) is 0 Å². The summed E-state index contributed by atoms with van der Waals surface area (Å²) >= 11 is 7.72. The summed E-state index contributed by atoms with van der Waals surface area (Å²) in [6.07, 6.45) is 0. The Hall–Kier alpha value is -1.46. The minimum atomic E-state index is 1.37. The van der Waals surface area contributed by atoms with Crippen molar-refractivity contribution in [2.45, 2.75) is 27.7 Å². The minimum absolute atomic E-state index is 1.37. The van der Waals surface area contributed by atoms with Crippen molar-refractivity contribution in [1.29, 1.82) is 0 Å². The van der Waals surface area contributed by atoms with Crippen LogP contribution in [0.2, 0.25) is 0 Å². The lowest BCUT2D eigenvalue weighted by atomic mass is 10.1. The number of rotatable bonds is 2. The van der Waals surface area contributed by atoms with Gasteiger partial charge in [0, 0.05) is 29.3 Å². The molecule has 0 saturated carbocycles. The van der Waals surface area contributed by atoms with E-state index in [0.717, 1.165) is 0 Å². The van der Waals surface area contributed by atoms with Gasteiger partial charge in [0.25, 0.3) is 0 Å². The Bertz CT molecular complexity index is 1170. The highest BCUT2D eigenvalue weighted by Crippen LogP contribution is 2.46. The molecule has 5 rings (SSSR count). The minimum Gasteiger partial charge on any atom is -0.139 e. The van der Waals surface area contributed by atoms with Crippen molar-refractivity contribution in [2.75, 3.05) is 0 Å². The number of aryl methyl sites for hydroxylation is 4. The molecule has 0 bridgehead atoms. The van der Waals surface area contributed by atoms with Crippen LogP contribution in [0, 0.1) is 27.7 Å². The highest BCUT2D eigenvalue weighted by atomic mass is 32.1. The Kier molecular flexibility index (Phi) is 3.87. The first kappa shape index (κ1) is 16.7. The number of fused-ring (bicyclic) bond motifs is 3. The molecule has 0 aliphatic carbocycles. The van der Waals surface area contributed by atoms with Gasteiger partial charge >= 0.3 is 0 Å². The standard InChI is InChI=1S/C22H18S4/c1-11-7-13(3)23-19(11)17-9-15-5-6-16-10-18(26-22(16)21(15)25-17)20-12(2)8-14(4)24-20/h5-10H,1-4H3. The molecule has 0 radical (unpaired) electrons. The average Bonchev–Trinajstić information content (AvgIpc) is 3.31. The maximum absolute atomic E-state index is 2.37. The molecule has 1 aromatic carbocycles. The van der Waals surface area contributed by atoms with Crippen LogP contribution in [0.1, 0.15) is 20.9 Å². The molecule has 4 aromatic heterocycles. The fourth-order valence-electron chi connectivity index (χ4n) is 3.59. The van der Waals surface area contributed by atoms with Crippen molar-refractivity contribution in [1.82, 2.24) is 0 Å². The van der Waals surface area contributed by atoms with Crippen LogP contribution in [0.5, 0.6) is 0 Å². The van der Waals surface area contributed by atoms with E-state index in [-0.39, 0.29) is 0 Å². The summed E-state index contributed by atoms with van der Waals surface area (Å²) in [6, 6.07) is 13.9. The molecule has 0 atom stereocenters. The molecule has 0 fully saturated rings. The van der Waals surface area contributed by atoms with Crippen molar-refractivity contribution in [3.63, 3.8) is 0 Å². The quantitative estimate of drug-likeness (QED) is 0.273. The predicted octanol–water partition coefficient (Wildman–Crippen LogP) is 8.81. The van der Waals surface area contributed by atoms with Crippen molar-refractivity contribution in [2.24, 2.45) is 0 Å². The molecule has 26 heavy (non-hydrogen) atoms. The lowest BCUT2D eigenvalue weighted by molar-refractivity contribution is 1.51. The van der Waals surface area contributed by atoms with E-state index in [9.17, 15) is 0 Å². The fraction of sp³-hybridized carbons (Fsp3) is 0.182. The average molecular weight is 411 g/mol. The SMILES string of the molecule is Cc1cc(C)c(-c2cc3ccc4cc(-c5sc(C)cc5C)sc4c3s2)s1. The number of hydrogen-bond donors (Lipinski definition) is 0. The van der Waals surface area contributed by atoms with Crippen LogP contribution in [0.15, 0.2) is 36.4 Å². The molecule has 0 nitrogen and oxygen atoms in total. The van der Waals surface area contributed by atoms with E-state index in [1.165, 1.54) is 60.6 Å². The second-order valence-corrected chi connectivity index (χ2v) is 11.5. The van der Waals surface area contributed by atoms with E-state index in [1.54, 1.807) is 0 Å². The Balaban J connectivity index is 1.72. The first-order chi connectivity index (χ1) is 12.5. The van der Waals surface area contributed by atoms with Crippen molar-refractivity contribution >= 4 is 65.5 Å². The third-order valence-corrected chi connectivity index (χ3v) is 9.83. The molecular weight excluding hydrogens is 393 g/mol. The highest BCUT2D eigenvalue weighted by Gasteiger charge is 2.15. The van der Waals surface area contributed by atoms with Crippen molar-refractivity contribution in [3.05, 3.63) is 57.3 Å². The van der Waals surface area contributed by atoms with Crippen LogP contribution in [-0.2, 0) is 0 Å². The largest absolute Gasteiger partial charge is 0.139 e. The number of thiophene rings is 4. The van der Waals surface area contributed by atoms with E-state index in [4.69, 9.17) is 0 Å². The van der Waals surface area contributed by atoms with Gasteiger partial charge < -0.3 is 0 Å². The van der Waals surface area contributed by atoms with Gasteiger partial charge in [0.15, 0.2) is 0 Å². The van der Waals surface area contributed by atoms with Crippen LogP contribution in [0.25, 0.3) is 39.7 Å². The summed E-state index contributed by atoms with van der Waals surface area (Å²) in [6.45, 7) is 8.85. The molecule has 5 aromatic rings. The topological polar surface area (TPSA) is 0 Å². The van der Waals surface area contributed by atoms with Gasteiger partial charge in [-0.2, -0.15) is 0 Å². The second kappa shape index (κ2) is 6.03. The molecule has 0 spiro atoms. The summed E-state index contributed by atoms with van der Waals surface area (Å²) in [7, 11) is 0. The molecule has 4 heteroatoms. The Labute approximate surface area is 169 Å². The summed E-state index contributed by atoms with van der Waals surface area (Å²) < 4.78 is 2.87. The van der Waals surface area contributed by atoms with Crippen LogP contribution >= 0.6 is 45.3 Å². The molecule has 0 unspecified atom stereocenters.